The van der Waals surface area contributed by atoms with E-state index in [1.807, 2.05) is 0 Å². The Morgan fingerprint density at radius 1 is 1.32 bits per heavy atom. The molecule has 0 bridgehead atoms. The van der Waals surface area contributed by atoms with Crippen LogP contribution in [0.25, 0.3) is 10.6 Å². The van der Waals surface area contributed by atoms with Crippen LogP contribution in [0.2, 0.25) is 0 Å². The van der Waals surface area contributed by atoms with Gasteiger partial charge in [0.2, 0.25) is 10.0 Å². The lowest BCUT2D eigenvalue weighted by atomic mass is 10.0. The van der Waals surface area contributed by atoms with Gasteiger partial charge in [-0.05, 0) is 25.0 Å². The molecule has 1 atom stereocenters. The van der Waals surface area contributed by atoms with Gasteiger partial charge in [0.15, 0.2) is 5.01 Å². The van der Waals surface area contributed by atoms with Gasteiger partial charge >= 0.3 is 0 Å². The molecule has 8 heteroatoms. The van der Waals surface area contributed by atoms with Crippen LogP contribution in [0.5, 0.6) is 0 Å². The molecule has 22 heavy (non-hydrogen) atoms. The van der Waals surface area contributed by atoms with E-state index in [9.17, 15) is 12.8 Å². The van der Waals surface area contributed by atoms with Crippen molar-refractivity contribution in [3.63, 3.8) is 0 Å². The van der Waals surface area contributed by atoms with Gasteiger partial charge in [-0.3, -0.25) is 0 Å². The quantitative estimate of drug-likeness (QED) is 0.860. The first kappa shape index (κ1) is 15.5. The molecule has 0 amide bonds. The number of benzene rings is 1. The first-order valence-electron chi connectivity index (χ1n) is 6.98. The molecule has 118 valence electrons. The Bertz CT molecular complexity index is 776. The van der Waals surface area contributed by atoms with Crippen LogP contribution in [-0.4, -0.2) is 42.3 Å². The fourth-order valence-corrected chi connectivity index (χ4v) is 4.50. The minimum Gasteiger partial charge on any atom is -0.213 e. The van der Waals surface area contributed by atoms with Crippen LogP contribution in [0.4, 0.5) is 4.39 Å². The number of piperidine rings is 1. The summed E-state index contributed by atoms with van der Waals surface area (Å²) >= 11 is 1.34. The summed E-state index contributed by atoms with van der Waals surface area (Å²) in [6.45, 7) is 0.971. The summed E-state index contributed by atoms with van der Waals surface area (Å²) in [7, 11) is -3.19. The molecule has 3 rings (SSSR count). The second kappa shape index (κ2) is 6.02. The Balaban J connectivity index is 1.84. The first-order valence-corrected chi connectivity index (χ1v) is 9.65. The van der Waals surface area contributed by atoms with Crippen LogP contribution in [0.15, 0.2) is 24.3 Å². The van der Waals surface area contributed by atoms with E-state index in [1.54, 1.807) is 18.2 Å². The molecule has 5 nitrogen and oxygen atoms in total. The lowest BCUT2D eigenvalue weighted by molar-refractivity contribution is 0.316. The Hall–Kier alpha value is -1.38. The monoisotopic (exact) mass is 341 g/mol. The number of aromatic nitrogens is 2. The van der Waals surface area contributed by atoms with Crippen LogP contribution in [0.1, 0.15) is 23.8 Å². The van der Waals surface area contributed by atoms with Gasteiger partial charge in [0.25, 0.3) is 0 Å². The molecule has 1 aromatic heterocycles. The van der Waals surface area contributed by atoms with Crippen molar-refractivity contribution in [3.8, 4) is 10.6 Å². The summed E-state index contributed by atoms with van der Waals surface area (Å²) in [4.78, 5) is 0. The highest BCUT2D eigenvalue weighted by Gasteiger charge is 2.29. The SMILES string of the molecule is CS(=O)(=O)N1CCC[C@H](c2nnc(-c3ccccc3F)s2)C1. The van der Waals surface area contributed by atoms with Crippen molar-refractivity contribution < 1.29 is 12.8 Å². The first-order chi connectivity index (χ1) is 10.4. The fraction of sp³-hybridized carbons (Fsp3) is 0.429. The summed E-state index contributed by atoms with van der Waals surface area (Å²) in [6.07, 6.45) is 2.89. The lowest BCUT2D eigenvalue weighted by Crippen LogP contribution is -2.38. The van der Waals surface area contributed by atoms with Gasteiger partial charge in [0.1, 0.15) is 10.8 Å². The highest BCUT2D eigenvalue weighted by atomic mass is 32.2. The minimum atomic E-state index is -3.19. The molecule has 0 saturated carbocycles. The summed E-state index contributed by atoms with van der Waals surface area (Å²) in [5, 5.41) is 9.53. The van der Waals surface area contributed by atoms with Crippen molar-refractivity contribution in [1.29, 1.82) is 0 Å². The van der Waals surface area contributed by atoms with E-state index in [1.165, 1.54) is 28.0 Å². The normalized spacial score (nSPS) is 20.2. The van der Waals surface area contributed by atoms with Crippen LogP contribution in [0, 0.1) is 5.82 Å². The minimum absolute atomic E-state index is 0.0292. The van der Waals surface area contributed by atoms with Gasteiger partial charge in [-0.25, -0.2) is 17.1 Å². The van der Waals surface area contributed by atoms with E-state index < -0.39 is 10.0 Å². The van der Waals surface area contributed by atoms with Gasteiger partial charge in [-0.1, -0.05) is 23.5 Å². The lowest BCUT2D eigenvalue weighted by Gasteiger charge is -2.29. The van der Waals surface area contributed by atoms with E-state index in [0.717, 1.165) is 17.8 Å². The summed E-state index contributed by atoms with van der Waals surface area (Å²) in [5.41, 5.74) is 0.432. The van der Waals surface area contributed by atoms with Crippen LogP contribution in [0.3, 0.4) is 0 Å². The highest BCUT2D eigenvalue weighted by Crippen LogP contribution is 2.33. The number of hydrogen-bond acceptors (Lipinski definition) is 5. The van der Waals surface area contributed by atoms with Crippen molar-refractivity contribution >= 4 is 21.4 Å². The molecule has 1 aliphatic heterocycles. The highest BCUT2D eigenvalue weighted by molar-refractivity contribution is 7.88. The fourth-order valence-electron chi connectivity index (χ4n) is 2.59. The summed E-state index contributed by atoms with van der Waals surface area (Å²) in [6, 6.07) is 6.45. The molecule has 0 N–H and O–H groups in total. The van der Waals surface area contributed by atoms with Crippen molar-refractivity contribution in [2.45, 2.75) is 18.8 Å². The predicted octanol–water partition coefficient (Wildman–Crippen LogP) is 2.48. The molecule has 1 saturated heterocycles. The second-order valence-corrected chi connectivity index (χ2v) is 8.38. The van der Waals surface area contributed by atoms with E-state index in [0.29, 0.717) is 23.7 Å². The van der Waals surface area contributed by atoms with E-state index >= 15 is 0 Å². The summed E-state index contributed by atoms with van der Waals surface area (Å²) in [5.74, 6) is -0.298. The van der Waals surface area contributed by atoms with Gasteiger partial charge in [-0.15, -0.1) is 10.2 Å². The van der Waals surface area contributed by atoms with Crippen LogP contribution in [-0.2, 0) is 10.0 Å². The van der Waals surface area contributed by atoms with Crippen molar-refractivity contribution in [2.24, 2.45) is 0 Å². The number of nitrogens with zero attached hydrogens (tertiary/aromatic N) is 3. The van der Waals surface area contributed by atoms with Crippen molar-refractivity contribution in [2.75, 3.05) is 19.3 Å². The molecule has 1 aromatic carbocycles. The van der Waals surface area contributed by atoms with Gasteiger partial charge < -0.3 is 0 Å². The Labute approximate surface area is 132 Å². The van der Waals surface area contributed by atoms with Crippen molar-refractivity contribution in [3.05, 3.63) is 35.1 Å². The smallest absolute Gasteiger partial charge is 0.211 e. The maximum Gasteiger partial charge on any atom is 0.211 e. The molecule has 0 aliphatic carbocycles. The zero-order valence-electron chi connectivity index (χ0n) is 12.1. The zero-order valence-corrected chi connectivity index (χ0v) is 13.7. The molecule has 0 spiro atoms. The largest absolute Gasteiger partial charge is 0.213 e. The third kappa shape index (κ3) is 3.18. The predicted molar refractivity (Wildman–Crippen MR) is 83.7 cm³/mol. The van der Waals surface area contributed by atoms with E-state index in [4.69, 9.17) is 0 Å². The molecule has 0 unspecified atom stereocenters. The molecular formula is C14H16FN3O2S2. The van der Waals surface area contributed by atoms with Gasteiger partial charge in [0.05, 0.1) is 6.26 Å². The Morgan fingerprint density at radius 3 is 2.82 bits per heavy atom. The number of rotatable bonds is 3. The second-order valence-electron chi connectivity index (χ2n) is 5.39. The van der Waals surface area contributed by atoms with Crippen LogP contribution < -0.4 is 0 Å². The Morgan fingerprint density at radius 2 is 2.09 bits per heavy atom. The van der Waals surface area contributed by atoms with Crippen LogP contribution >= 0.6 is 11.3 Å². The maximum absolute atomic E-state index is 13.8. The average molecular weight is 341 g/mol. The molecule has 2 heterocycles. The zero-order chi connectivity index (χ0) is 15.7. The third-order valence-electron chi connectivity index (χ3n) is 3.75. The Kier molecular flexibility index (Phi) is 4.24. The van der Waals surface area contributed by atoms with E-state index in [-0.39, 0.29) is 11.7 Å². The maximum atomic E-state index is 13.8. The molecule has 1 fully saturated rings. The molecule has 1 aliphatic rings. The van der Waals surface area contributed by atoms with Gasteiger partial charge in [0, 0.05) is 24.6 Å². The number of hydrogen-bond donors (Lipinski definition) is 0. The number of halogens is 1. The van der Waals surface area contributed by atoms with E-state index in [2.05, 4.69) is 10.2 Å². The topological polar surface area (TPSA) is 63.2 Å². The van der Waals surface area contributed by atoms with Crippen molar-refractivity contribution in [1.82, 2.24) is 14.5 Å². The standard InChI is InChI=1S/C14H16FN3O2S2/c1-22(19,20)18-8-4-5-10(9-18)13-16-17-14(21-13)11-6-2-3-7-12(11)15/h2-3,6-7,10H,4-5,8-9H2,1H3/t10-/m0/s1. The third-order valence-corrected chi connectivity index (χ3v) is 6.14. The van der Waals surface area contributed by atoms with Gasteiger partial charge in [-0.2, -0.15) is 0 Å². The molecular weight excluding hydrogens is 325 g/mol. The number of sulfonamides is 1. The summed E-state index contributed by atoms with van der Waals surface area (Å²) < 4.78 is 38.6. The molecule has 2 aromatic rings. The average Bonchev–Trinajstić information content (AvgIpc) is 2.97. The molecule has 0 radical (unpaired) electrons.